The first-order valence-electron chi connectivity index (χ1n) is 5.09. The molecular formula is C10H19N3OS. The summed E-state index contributed by atoms with van der Waals surface area (Å²) in [7, 11) is 0. The summed E-state index contributed by atoms with van der Waals surface area (Å²) in [6.07, 6.45) is 0.437. The van der Waals surface area contributed by atoms with Gasteiger partial charge < -0.3 is 10.4 Å². The van der Waals surface area contributed by atoms with Gasteiger partial charge in [-0.05, 0) is 18.8 Å². The molecule has 0 fully saturated rings. The number of hydrogen-bond acceptors (Lipinski definition) is 5. The average Bonchev–Trinajstić information content (AvgIpc) is 2.45. The van der Waals surface area contributed by atoms with Crippen LogP contribution in [0.5, 0.6) is 0 Å². The van der Waals surface area contributed by atoms with Gasteiger partial charge in [0.25, 0.3) is 0 Å². The first kappa shape index (κ1) is 12.4. The molecule has 1 aromatic rings. The zero-order valence-electron chi connectivity index (χ0n) is 9.74. The van der Waals surface area contributed by atoms with Gasteiger partial charge in [0, 0.05) is 18.1 Å². The largest absolute Gasteiger partial charge is 0.391 e. The Balaban J connectivity index is 2.31. The molecule has 2 N–H and O–H groups in total. The summed E-state index contributed by atoms with van der Waals surface area (Å²) in [5.41, 5.74) is 0.151. The van der Waals surface area contributed by atoms with Crippen molar-refractivity contribution in [3.63, 3.8) is 0 Å². The first-order chi connectivity index (χ1) is 6.87. The zero-order chi connectivity index (χ0) is 11.5. The first-order valence-corrected chi connectivity index (χ1v) is 5.86. The fourth-order valence-corrected chi connectivity index (χ4v) is 1.93. The molecule has 86 valence electrons. The minimum Gasteiger partial charge on any atom is -0.391 e. The highest BCUT2D eigenvalue weighted by Gasteiger charge is 2.16. The van der Waals surface area contributed by atoms with Crippen molar-refractivity contribution in [1.29, 1.82) is 0 Å². The predicted molar refractivity (Wildman–Crippen MR) is 63.2 cm³/mol. The summed E-state index contributed by atoms with van der Waals surface area (Å²) < 4.78 is 4.06. The Morgan fingerprint density at radius 2 is 2.13 bits per heavy atom. The maximum absolute atomic E-state index is 9.75. The van der Waals surface area contributed by atoms with Gasteiger partial charge in [0.2, 0.25) is 5.13 Å². The Labute approximate surface area is 94.9 Å². The summed E-state index contributed by atoms with van der Waals surface area (Å²) >= 11 is 1.33. The van der Waals surface area contributed by atoms with E-state index < -0.39 is 0 Å². The number of aromatic nitrogens is 2. The van der Waals surface area contributed by atoms with E-state index in [0.717, 1.165) is 17.4 Å². The number of nitrogens with zero attached hydrogens (tertiary/aromatic N) is 2. The van der Waals surface area contributed by atoms with Crippen molar-refractivity contribution in [2.24, 2.45) is 5.41 Å². The van der Waals surface area contributed by atoms with Crippen molar-refractivity contribution < 1.29 is 5.11 Å². The minimum absolute atomic E-state index is 0.151. The third-order valence-corrected chi connectivity index (χ3v) is 2.63. The van der Waals surface area contributed by atoms with Gasteiger partial charge in [-0.3, -0.25) is 0 Å². The van der Waals surface area contributed by atoms with Crippen LogP contribution in [0.4, 0.5) is 5.13 Å². The molecule has 0 aliphatic heterocycles. The third-order valence-electron chi connectivity index (χ3n) is 1.86. The Morgan fingerprint density at radius 3 is 2.60 bits per heavy atom. The van der Waals surface area contributed by atoms with E-state index in [-0.39, 0.29) is 11.5 Å². The smallest absolute Gasteiger partial charge is 0.202 e. The summed E-state index contributed by atoms with van der Waals surface area (Å²) in [5, 5.41) is 13.6. The molecule has 1 aromatic heterocycles. The van der Waals surface area contributed by atoms with E-state index in [2.05, 4.69) is 35.4 Å². The molecule has 0 aliphatic carbocycles. The second kappa shape index (κ2) is 4.90. The maximum Gasteiger partial charge on any atom is 0.202 e. The maximum atomic E-state index is 9.75. The van der Waals surface area contributed by atoms with E-state index in [1.165, 1.54) is 11.5 Å². The molecule has 0 saturated carbocycles. The van der Waals surface area contributed by atoms with Crippen LogP contribution < -0.4 is 5.32 Å². The van der Waals surface area contributed by atoms with E-state index in [1.807, 2.05) is 6.92 Å². The van der Waals surface area contributed by atoms with E-state index in [0.29, 0.717) is 6.54 Å². The molecule has 1 unspecified atom stereocenters. The summed E-state index contributed by atoms with van der Waals surface area (Å²) in [4.78, 5) is 4.16. The lowest BCUT2D eigenvalue weighted by Gasteiger charge is -2.22. The fourth-order valence-electron chi connectivity index (χ4n) is 1.35. The molecule has 0 radical (unpaired) electrons. The van der Waals surface area contributed by atoms with Crippen LogP contribution in [0.2, 0.25) is 0 Å². The Bertz CT molecular complexity index is 306. The van der Waals surface area contributed by atoms with Gasteiger partial charge in [0.05, 0.1) is 6.10 Å². The SMILES string of the molecule is Cc1nsc(NCC(O)CC(C)(C)C)n1. The van der Waals surface area contributed by atoms with Crippen molar-refractivity contribution >= 4 is 16.7 Å². The van der Waals surface area contributed by atoms with Crippen molar-refractivity contribution in [2.75, 3.05) is 11.9 Å². The lowest BCUT2D eigenvalue weighted by molar-refractivity contribution is 0.132. The normalized spacial score (nSPS) is 13.9. The number of aliphatic hydroxyl groups is 1. The number of aryl methyl sites for hydroxylation is 1. The molecule has 0 amide bonds. The number of hydrogen-bond donors (Lipinski definition) is 2. The zero-order valence-corrected chi connectivity index (χ0v) is 10.6. The van der Waals surface area contributed by atoms with Crippen LogP contribution in [0.1, 0.15) is 33.0 Å². The van der Waals surface area contributed by atoms with E-state index in [9.17, 15) is 5.11 Å². The molecule has 4 nitrogen and oxygen atoms in total. The fraction of sp³-hybridized carbons (Fsp3) is 0.800. The van der Waals surface area contributed by atoms with Gasteiger partial charge in [-0.1, -0.05) is 20.8 Å². The molecule has 0 bridgehead atoms. The van der Waals surface area contributed by atoms with Crippen LogP contribution in [0.3, 0.4) is 0 Å². The number of nitrogens with one attached hydrogen (secondary N) is 1. The summed E-state index contributed by atoms with van der Waals surface area (Å²) in [6, 6.07) is 0. The minimum atomic E-state index is -0.339. The molecule has 0 spiro atoms. The average molecular weight is 229 g/mol. The Hall–Kier alpha value is -0.680. The molecular weight excluding hydrogens is 210 g/mol. The molecule has 0 saturated heterocycles. The van der Waals surface area contributed by atoms with E-state index in [4.69, 9.17) is 0 Å². The second-order valence-electron chi connectivity index (χ2n) is 4.95. The third kappa shape index (κ3) is 5.09. The van der Waals surface area contributed by atoms with Crippen LogP contribution >= 0.6 is 11.5 Å². The van der Waals surface area contributed by atoms with Crippen LogP contribution in [-0.2, 0) is 0 Å². The van der Waals surface area contributed by atoms with Crippen LogP contribution in [0.25, 0.3) is 0 Å². The van der Waals surface area contributed by atoms with Crippen molar-refractivity contribution in [1.82, 2.24) is 9.36 Å². The number of anilines is 1. The van der Waals surface area contributed by atoms with Crippen LogP contribution in [-0.4, -0.2) is 27.1 Å². The van der Waals surface area contributed by atoms with Gasteiger partial charge in [0.1, 0.15) is 5.82 Å². The van der Waals surface area contributed by atoms with E-state index >= 15 is 0 Å². The van der Waals surface area contributed by atoms with Crippen molar-refractivity contribution in [2.45, 2.75) is 40.2 Å². The van der Waals surface area contributed by atoms with Crippen molar-refractivity contribution in [3.8, 4) is 0 Å². The van der Waals surface area contributed by atoms with Gasteiger partial charge in [-0.2, -0.15) is 4.37 Å². The van der Waals surface area contributed by atoms with Gasteiger partial charge in [-0.15, -0.1) is 0 Å². The highest BCUT2D eigenvalue weighted by molar-refractivity contribution is 7.09. The highest BCUT2D eigenvalue weighted by Crippen LogP contribution is 2.21. The monoisotopic (exact) mass is 229 g/mol. The molecule has 5 heteroatoms. The molecule has 0 aromatic carbocycles. The van der Waals surface area contributed by atoms with E-state index in [1.54, 1.807) is 0 Å². The topological polar surface area (TPSA) is 58.0 Å². The predicted octanol–water partition coefficient (Wildman–Crippen LogP) is 2.06. The lowest BCUT2D eigenvalue weighted by atomic mass is 9.89. The van der Waals surface area contributed by atoms with Crippen LogP contribution in [0.15, 0.2) is 0 Å². The quantitative estimate of drug-likeness (QED) is 0.829. The highest BCUT2D eigenvalue weighted by atomic mass is 32.1. The number of rotatable bonds is 4. The molecule has 1 heterocycles. The molecule has 1 atom stereocenters. The van der Waals surface area contributed by atoms with Gasteiger partial charge >= 0.3 is 0 Å². The number of aliphatic hydroxyl groups excluding tert-OH is 1. The molecule has 1 rings (SSSR count). The second-order valence-corrected chi connectivity index (χ2v) is 5.70. The van der Waals surface area contributed by atoms with Gasteiger partial charge in [0.15, 0.2) is 0 Å². The molecule has 15 heavy (non-hydrogen) atoms. The summed E-state index contributed by atoms with van der Waals surface area (Å²) in [6.45, 7) is 8.74. The summed E-state index contributed by atoms with van der Waals surface area (Å²) in [5.74, 6) is 0.771. The van der Waals surface area contributed by atoms with Crippen molar-refractivity contribution in [3.05, 3.63) is 5.82 Å². The van der Waals surface area contributed by atoms with Gasteiger partial charge in [-0.25, -0.2) is 4.98 Å². The Kier molecular flexibility index (Phi) is 4.04. The van der Waals surface area contributed by atoms with Crippen LogP contribution in [0, 0.1) is 12.3 Å². The molecule has 0 aliphatic rings. The Morgan fingerprint density at radius 1 is 1.47 bits per heavy atom. The lowest BCUT2D eigenvalue weighted by Crippen LogP contribution is -2.25. The standard InChI is InChI=1S/C10H19N3OS/c1-7-12-9(15-13-7)11-6-8(14)5-10(2,3)4/h8,14H,5-6H2,1-4H3,(H,11,12,13).